The summed E-state index contributed by atoms with van der Waals surface area (Å²) in [6.07, 6.45) is 2.64. The Kier molecular flexibility index (Phi) is 4.74. The Labute approximate surface area is 145 Å². The monoisotopic (exact) mass is 338 g/mol. The second-order valence-corrected chi connectivity index (χ2v) is 5.69. The van der Waals surface area contributed by atoms with Crippen LogP contribution in [-0.2, 0) is 4.74 Å². The molecule has 1 atom stereocenters. The molecule has 0 unspecified atom stereocenters. The van der Waals surface area contributed by atoms with E-state index in [1.54, 1.807) is 37.5 Å². The molecular weight excluding hydrogens is 320 g/mol. The normalized spacial score (nSPS) is 11.8. The zero-order chi connectivity index (χ0) is 17.8. The molecule has 0 saturated heterocycles. The molecule has 0 aliphatic heterocycles. The molecule has 3 aromatic rings. The molecule has 7 nitrogen and oxygen atoms in total. The lowest BCUT2D eigenvalue weighted by Gasteiger charge is -2.14. The van der Waals surface area contributed by atoms with Gasteiger partial charge in [0.25, 0.3) is 5.89 Å². The molecule has 0 radical (unpaired) electrons. The van der Waals surface area contributed by atoms with Crippen molar-refractivity contribution in [2.75, 3.05) is 19.0 Å². The summed E-state index contributed by atoms with van der Waals surface area (Å²) in [6, 6.07) is 10.8. The van der Waals surface area contributed by atoms with E-state index >= 15 is 0 Å². The van der Waals surface area contributed by atoms with Crippen molar-refractivity contribution >= 4 is 11.7 Å². The van der Waals surface area contributed by atoms with Gasteiger partial charge >= 0.3 is 5.97 Å². The molecule has 7 heteroatoms. The van der Waals surface area contributed by atoms with Gasteiger partial charge < -0.3 is 14.2 Å². The number of benzene rings is 1. The van der Waals surface area contributed by atoms with Crippen LogP contribution in [0.1, 0.15) is 29.3 Å². The van der Waals surface area contributed by atoms with Crippen molar-refractivity contribution in [1.29, 1.82) is 0 Å². The van der Waals surface area contributed by atoms with E-state index in [1.807, 2.05) is 37.2 Å². The van der Waals surface area contributed by atoms with Crippen molar-refractivity contribution in [2.45, 2.75) is 13.0 Å². The summed E-state index contributed by atoms with van der Waals surface area (Å²) in [5, 5.41) is 3.90. The summed E-state index contributed by atoms with van der Waals surface area (Å²) in [7, 11) is 3.82. The second-order valence-electron chi connectivity index (χ2n) is 5.69. The van der Waals surface area contributed by atoms with Crippen LogP contribution in [0.15, 0.2) is 53.3 Å². The first kappa shape index (κ1) is 16.6. The minimum Gasteiger partial charge on any atom is -0.449 e. The summed E-state index contributed by atoms with van der Waals surface area (Å²) in [4.78, 5) is 22.5. The molecule has 0 spiro atoms. The van der Waals surface area contributed by atoms with Gasteiger partial charge in [0.05, 0.1) is 5.56 Å². The number of esters is 1. The number of anilines is 1. The number of nitrogens with zero attached hydrogens (tertiary/aromatic N) is 4. The summed E-state index contributed by atoms with van der Waals surface area (Å²) in [5.74, 6) is 0.189. The Bertz CT molecular complexity index is 862. The third-order valence-electron chi connectivity index (χ3n) is 3.59. The van der Waals surface area contributed by atoms with Crippen molar-refractivity contribution in [1.82, 2.24) is 15.1 Å². The van der Waals surface area contributed by atoms with Gasteiger partial charge in [-0.25, -0.2) is 4.79 Å². The van der Waals surface area contributed by atoms with Crippen LogP contribution >= 0.6 is 0 Å². The van der Waals surface area contributed by atoms with Crippen LogP contribution < -0.4 is 4.90 Å². The number of carbonyl (C=O) groups excluding carboxylic acids is 1. The Morgan fingerprint density at radius 3 is 2.80 bits per heavy atom. The number of ether oxygens (including phenoxy) is 1. The molecule has 1 aromatic carbocycles. The number of aromatic nitrogens is 3. The molecule has 2 aromatic heterocycles. The lowest BCUT2D eigenvalue weighted by molar-refractivity contribution is 0.0265. The average molecular weight is 338 g/mol. The third kappa shape index (κ3) is 3.82. The van der Waals surface area contributed by atoms with E-state index in [4.69, 9.17) is 9.26 Å². The van der Waals surface area contributed by atoms with Crippen molar-refractivity contribution in [3.8, 4) is 11.4 Å². The van der Waals surface area contributed by atoms with Gasteiger partial charge in [-0.1, -0.05) is 11.2 Å². The number of pyridine rings is 1. The van der Waals surface area contributed by atoms with Crippen molar-refractivity contribution in [3.05, 3.63) is 60.2 Å². The topological polar surface area (TPSA) is 81.4 Å². The molecule has 3 rings (SSSR count). The smallest absolute Gasteiger partial charge is 0.338 e. The van der Waals surface area contributed by atoms with Gasteiger partial charge in [-0.2, -0.15) is 4.98 Å². The van der Waals surface area contributed by atoms with E-state index in [0.29, 0.717) is 11.4 Å². The second kappa shape index (κ2) is 7.12. The summed E-state index contributed by atoms with van der Waals surface area (Å²) < 4.78 is 10.6. The first-order valence-corrected chi connectivity index (χ1v) is 7.77. The predicted octanol–water partition coefficient (Wildman–Crippen LogP) is 3.12. The number of rotatable bonds is 5. The number of hydrogen-bond acceptors (Lipinski definition) is 7. The van der Waals surface area contributed by atoms with Crippen LogP contribution in [0.3, 0.4) is 0 Å². The fraction of sp³-hybridized carbons (Fsp3) is 0.222. The molecule has 25 heavy (non-hydrogen) atoms. The molecule has 0 N–H and O–H groups in total. The maximum atomic E-state index is 12.3. The van der Waals surface area contributed by atoms with Crippen LogP contribution in [0, 0.1) is 0 Å². The maximum Gasteiger partial charge on any atom is 0.338 e. The Balaban J connectivity index is 1.72. The van der Waals surface area contributed by atoms with Gasteiger partial charge in [-0.3, -0.25) is 4.98 Å². The van der Waals surface area contributed by atoms with E-state index in [-0.39, 0.29) is 5.89 Å². The minimum absolute atomic E-state index is 0.232. The fourth-order valence-electron chi connectivity index (χ4n) is 2.20. The highest BCUT2D eigenvalue weighted by Gasteiger charge is 2.20. The molecule has 0 fully saturated rings. The molecule has 0 bridgehead atoms. The van der Waals surface area contributed by atoms with Gasteiger partial charge in [0.2, 0.25) is 5.82 Å². The standard InChI is InChI=1S/C18H18N4O3/c1-12(17-20-16(21-25-17)14-7-5-9-19-11-14)24-18(23)13-6-4-8-15(10-13)22(2)3/h4-12H,1-3H3/t12-/m1/s1. The first-order valence-electron chi connectivity index (χ1n) is 7.77. The van der Waals surface area contributed by atoms with Crippen molar-refractivity contribution in [3.63, 3.8) is 0 Å². The van der Waals surface area contributed by atoms with Gasteiger partial charge in [0.15, 0.2) is 6.10 Å². The zero-order valence-electron chi connectivity index (χ0n) is 14.2. The number of carbonyl (C=O) groups is 1. The summed E-state index contributed by atoms with van der Waals surface area (Å²) in [6.45, 7) is 1.69. The molecule has 128 valence electrons. The highest BCUT2D eigenvalue weighted by atomic mass is 16.6. The van der Waals surface area contributed by atoms with E-state index in [9.17, 15) is 4.79 Å². The lowest BCUT2D eigenvalue weighted by Crippen LogP contribution is -2.12. The van der Waals surface area contributed by atoms with Gasteiger partial charge in [-0.05, 0) is 37.3 Å². The van der Waals surface area contributed by atoms with Gasteiger partial charge in [0.1, 0.15) is 0 Å². The zero-order valence-corrected chi connectivity index (χ0v) is 14.2. The van der Waals surface area contributed by atoms with E-state index < -0.39 is 12.1 Å². The Hall–Kier alpha value is -3.22. The Morgan fingerprint density at radius 2 is 2.08 bits per heavy atom. The third-order valence-corrected chi connectivity index (χ3v) is 3.59. The molecule has 0 aliphatic carbocycles. The fourth-order valence-corrected chi connectivity index (χ4v) is 2.20. The molecule has 2 heterocycles. The molecule has 0 saturated carbocycles. The van der Waals surface area contributed by atoms with Crippen molar-refractivity contribution < 1.29 is 14.1 Å². The molecule has 0 amide bonds. The average Bonchev–Trinajstić information content (AvgIpc) is 3.13. The first-order chi connectivity index (χ1) is 12.0. The highest BCUT2D eigenvalue weighted by molar-refractivity contribution is 5.90. The Morgan fingerprint density at radius 1 is 1.24 bits per heavy atom. The predicted molar refractivity (Wildman–Crippen MR) is 92.1 cm³/mol. The quantitative estimate of drug-likeness (QED) is 0.661. The minimum atomic E-state index is -0.659. The molecule has 0 aliphatic rings. The maximum absolute atomic E-state index is 12.3. The van der Waals surface area contributed by atoms with Crippen LogP contribution in [0.5, 0.6) is 0 Å². The van der Waals surface area contributed by atoms with E-state index in [0.717, 1.165) is 11.3 Å². The van der Waals surface area contributed by atoms with E-state index in [1.165, 1.54) is 0 Å². The molecular formula is C18H18N4O3. The summed E-state index contributed by atoms with van der Waals surface area (Å²) >= 11 is 0. The van der Waals surface area contributed by atoms with Crippen LogP contribution in [0.25, 0.3) is 11.4 Å². The van der Waals surface area contributed by atoms with Gasteiger partial charge in [-0.15, -0.1) is 0 Å². The van der Waals surface area contributed by atoms with Crippen LogP contribution in [0.2, 0.25) is 0 Å². The summed E-state index contributed by atoms with van der Waals surface area (Å²) in [5.41, 5.74) is 2.11. The number of hydrogen-bond donors (Lipinski definition) is 0. The highest BCUT2D eigenvalue weighted by Crippen LogP contribution is 2.22. The SMILES string of the molecule is C[C@@H](OC(=O)c1cccc(N(C)C)c1)c1nc(-c2cccnc2)no1. The van der Waals surface area contributed by atoms with Crippen LogP contribution in [0.4, 0.5) is 5.69 Å². The van der Waals surface area contributed by atoms with Crippen LogP contribution in [-0.4, -0.2) is 35.2 Å². The van der Waals surface area contributed by atoms with Gasteiger partial charge in [0, 0.05) is 37.7 Å². The largest absolute Gasteiger partial charge is 0.449 e. The van der Waals surface area contributed by atoms with Crippen molar-refractivity contribution in [2.24, 2.45) is 0 Å². The lowest BCUT2D eigenvalue weighted by atomic mass is 10.2. The van der Waals surface area contributed by atoms with E-state index in [2.05, 4.69) is 15.1 Å².